The molecule has 1 atom stereocenters. The summed E-state index contributed by atoms with van der Waals surface area (Å²) in [6.07, 6.45) is 1.88. The molecule has 1 nitrogen and oxygen atoms in total. The summed E-state index contributed by atoms with van der Waals surface area (Å²) in [5.41, 5.74) is 3.70. The monoisotopic (exact) mass is 271 g/mol. The van der Waals surface area contributed by atoms with Crippen LogP contribution in [0.3, 0.4) is 0 Å². The van der Waals surface area contributed by atoms with E-state index in [0.717, 1.165) is 24.9 Å². The number of benzene rings is 2. The predicted octanol–water partition coefficient (Wildman–Crippen LogP) is 3.90. The van der Waals surface area contributed by atoms with Gasteiger partial charge in [-0.15, -0.1) is 0 Å². The lowest BCUT2D eigenvalue weighted by molar-refractivity contribution is 0.546. The van der Waals surface area contributed by atoms with E-state index in [-0.39, 0.29) is 5.82 Å². The van der Waals surface area contributed by atoms with Gasteiger partial charge in [0.05, 0.1) is 0 Å². The molecule has 0 aliphatic carbocycles. The predicted molar refractivity (Wildman–Crippen MR) is 82.5 cm³/mol. The summed E-state index contributed by atoms with van der Waals surface area (Å²) in [7, 11) is 0. The molecule has 0 amide bonds. The van der Waals surface area contributed by atoms with Crippen molar-refractivity contribution >= 4 is 0 Å². The van der Waals surface area contributed by atoms with Crippen molar-refractivity contribution in [2.24, 2.45) is 0 Å². The number of aryl methyl sites for hydroxylation is 1. The third kappa shape index (κ3) is 4.78. The minimum Gasteiger partial charge on any atom is -0.314 e. The molecule has 0 aliphatic heterocycles. The van der Waals surface area contributed by atoms with Crippen LogP contribution in [0.25, 0.3) is 0 Å². The molecule has 2 aromatic rings. The molecule has 20 heavy (non-hydrogen) atoms. The Morgan fingerprint density at radius 3 is 2.55 bits per heavy atom. The van der Waals surface area contributed by atoms with Crippen LogP contribution >= 0.6 is 0 Å². The fourth-order valence-corrected chi connectivity index (χ4v) is 2.42. The maximum atomic E-state index is 13.1. The third-order valence-electron chi connectivity index (χ3n) is 3.42. The Labute approximate surface area is 120 Å². The second-order valence-corrected chi connectivity index (χ2v) is 5.43. The van der Waals surface area contributed by atoms with Crippen molar-refractivity contribution < 1.29 is 4.39 Å². The molecule has 0 heterocycles. The molecule has 2 aromatic carbocycles. The van der Waals surface area contributed by atoms with Gasteiger partial charge in [-0.2, -0.15) is 0 Å². The smallest absolute Gasteiger partial charge is 0.123 e. The van der Waals surface area contributed by atoms with E-state index in [9.17, 15) is 4.39 Å². The first kappa shape index (κ1) is 14.7. The largest absolute Gasteiger partial charge is 0.314 e. The van der Waals surface area contributed by atoms with Gasteiger partial charge >= 0.3 is 0 Å². The minimum absolute atomic E-state index is 0.158. The van der Waals surface area contributed by atoms with Gasteiger partial charge in [0.25, 0.3) is 0 Å². The van der Waals surface area contributed by atoms with Crippen LogP contribution in [0.2, 0.25) is 0 Å². The molecule has 1 N–H and O–H groups in total. The van der Waals surface area contributed by atoms with Crippen molar-refractivity contribution in [1.29, 1.82) is 0 Å². The topological polar surface area (TPSA) is 12.0 Å². The highest BCUT2D eigenvalue weighted by Crippen LogP contribution is 2.07. The van der Waals surface area contributed by atoms with Gasteiger partial charge in [0, 0.05) is 6.04 Å². The number of hydrogen-bond donors (Lipinski definition) is 1. The van der Waals surface area contributed by atoms with E-state index in [4.69, 9.17) is 0 Å². The van der Waals surface area contributed by atoms with Crippen molar-refractivity contribution in [1.82, 2.24) is 5.32 Å². The van der Waals surface area contributed by atoms with Crippen LogP contribution in [0.15, 0.2) is 48.5 Å². The highest BCUT2D eigenvalue weighted by atomic mass is 19.1. The fraction of sp³-hybridized carbons (Fsp3) is 0.333. The van der Waals surface area contributed by atoms with Gasteiger partial charge in [0.2, 0.25) is 0 Å². The Hall–Kier alpha value is -1.67. The Morgan fingerprint density at radius 1 is 1.05 bits per heavy atom. The van der Waals surface area contributed by atoms with Crippen LogP contribution in [-0.4, -0.2) is 12.6 Å². The zero-order chi connectivity index (χ0) is 14.4. The first-order valence-electron chi connectivity index (χ1n) is 7.17. The van der Waals surface area contributed by atoms with E-state index in [0.29, 0.717) is 6.04 Å². The second kappa shape index (κ2) is 7.20. The normalized spacial score (nSPS) is 12.3. The van der Waals surface area contributed by atoms with Gasteiger partial charge < -0.3 is 5.32 Å². The molecule has 0 bridgehead atoms. The number of hydrogen-bond acceptors (Lipinski definition) is 1. The maximum absolute atomic E-state index is 13.1. The van der Waals surface area contributed by atoms with Crippen LogP contribution in [0.1, 0.15) is 23.6 Å². The zero-order valence-electron chi connectivity index (χ0n) is 12.2. The molecule has 0 radical (unpaired) electrons. The molecule has 0 saturated heterocycles. The Balaban J connectivity index is 1.76. The van der Waals surface area contributed by atoms with Gasteiger partial charge in [0.1, 0.15) is 5.82 Å². The Bertz CT molecular complexity index is 551. The van der Waals surface area contributed by atoms with Crippen molar-refractivity contribution in [3.63, 3.8) is 0 Å². The van der Waals surface area contributed by atoms with Crippen molar-refractivity contribution in [3.05, 3.63) is 71.0 Å². The van der Waals surface area contributed by atoms with Crippen LogP contribution in [-0.2, 0) is 12.8 Å². The van der Waals surface area contributed by atoms with E-state index in [1.54, 1.807) is 12.1 Å². The summed E-state index contributed by atoms with van der Waals surface area (Å²) < 4.78 is 13.1. The van der Waals surface area contributed by atoms with Crippen molar-refractivity contribution in [3.8, 4) is 0 Å². The Kier molecular flexibility index (Phi) is 5.31. The first-order valence-corrected chi connectivity index (χ1v) is 7.17. The molecule has 0 fully saturated rings. The van der Waals surface area contributed by atoms with Gasteiger partial charge in [0.15, 0.2) is 0 Å². The summed E-state index contributed by atoms with van der Waals surface area (Å²) in [6.45, 7) is 5.20. The lowest BCUT2D eigenvalue weighted by atomic mass is 10.1. The van der Waals surface area contributed by atoms with Gasteiger partial charge in [-0.1, -0.05) is 42.0 Å². The SMILES string of the molecule is Cc1cccc(CCNC(C)Cc2cccc(F)c2)c1. The number of rotatable bonds is 6. The third-order valence-corrected chi connectivity index (χ3v) is 3.42. The molecule has 106 valence electrons. The zero-order valence-corrected chi connectivity index (χ0v) is 12.2. The van der Waals surface area contributed by atoms with E-state index in [1.165, 1.54) is 17.2 Å². The van der Waals surface area contributed by atoms with Crippen LogP contribution < -0.4 is 5.32 Å². The van der Waals surface area contributed by atoms with E-state index in [1.807, 2.05) is 6.07 Å². The Morgan fingerprint density at radius 2 is 1.80 bits per heavy atom. The minimum atomic E-state index is -0.158. The first-order chi connectivity index (χ1) is 9.63. The molecule has 0 saturated carbocycles. The fourth-order valence-electron chi connectivity index (χ4n) is 2.42. The average molecular weight is 271 g/mol. The molecular weight excluding hydrogens is 249 g/mol. The maximum Gasteiger partial charge on any atom is 0.123 e. The standard InChI is InChI=1S/C18H22FN/c1-14-5-3-6-16(11-14)9-10-20-15(2)12-17-7-4-8-18(19)13-17/h3-8,11,13,15,20H,9-10,12H2,1-2H3. The molecule has 2 heteroatoms. The van der Waals surface area contributed by atoms with Gasteiger partial charge in [-0.25, -0.2) is 4.39 Å². The molecule has 0 aromatic heterocycles. The van der Waals surface area contributed by atoms with E-state index < -0.39 is 0 Å². The molecule has 2 rings (SSSR count). The number of nitrogens with one attached hydrogen (secondary N) is 1. The highest BCUT2D eigenvalue weighted by Gasteiger charge is 2.04. The van der Waals surface area contributed by atoms with Crippen molar-refractivity contribution in [2.45, 2.75) is 32.7 Å². The summed E-state index contributed by atoms with van der Waals surface area (Å²) in [6, 6.07) is 15.8. The van der Waals surface area contributed by atoms with Gasteiger partial charge in [-0.3, -0.25) is 0 Å². The highest BCUT2D eigenvalue weighted by molar-refractivity contribution is 5.22. The van der Waals surface area contributed by atoms with E-state index >= 15 is 0 Å². The summed E-state index contributed by atoms with van der Waals surface area (Å²) in [5, 5.41) is 3.50. The quantitative estimate of drug-likeness (QED) is 0.840. The van der Waals surface area contributed by atoms with Gasteiger partial charge in [-0.05, 0) is 56.5 Å². The number of halogens is 1. The van der Waals surface area contributed by atoms with E-state index in [2.05, 4.69) is 43.4 Å². The second-order valence-electron chi connectivity index (χ2n) is 5.43. The molecule has 0 spiro atoms. The molecular formula is C18H22FN. The molecule has 1 unspecified atom stereocenters. The van der Waals surface area contributed by atoms with Crippen LogP contribution in [0.5, 0.6) is 0 Å². The summed E-state index contributed by atoms with van der Waals surface area (Å²) in [5.74, 6) is -0.158. The lowest BCUT2D eigenvalue weighted by Crippen LogP contribution is -2.30. The lowest BCUT2D eigenvalue weighted by Gasteiger charge is -2.14. The molecule has 0 aliphatic rings. The van der Waals surface area contributed by atoms with Crippen LogP contribution in [0.4, 0.5) is 4.39 Å². The van der Waals surface area contributed by atoms with Crippen LogP contribution in [0, 0.1) is 12.7 Å². The summed E-state index contributed by atoms with van der Waals surface area (Å²) in [4.78, 5) is 0. The van der Waals surface area contributed by atoms with Crippen molar-refractivity contribution in [2.75, 3.05) is 6.54 Å². The summed E-state index contributed by atoms with van der Waals surface area (Å²) >= 11 is 0. The average Bonchev–Trinajstić information content (AvgIpc) is 2.38.